The predicted molar refractivity (Wildman–Crippen MR) is 105 cm³/mol. The fourth-order valence-corrected chi connectivity index (χ4v) is 4.91. The van der Waals surface area contributed by atoms with Gasteiger partial charge < -0.3 is 4.90 Å². The first-order chi connectivity index (χ1) is 13.0. The predicted octanol–water partition coefficient (Wildman–Crippen LogP) is 4.15. The van der Waals surface area contributed by atoms with Crippen molar-refractivity contribution in [2.75, 3.05) is 18.0 Å². The van der Waals surface area contributed by atoms with E-state index >= 15 is 0 Å². The van der Waals surface area contributed by atoms with Crippen LogP contribution in [-0.2, 0) is 9.59 Å². The lowest BCUT2D eigenvalue weighted by atomic mass is 9.91. The lowest BCUT2D eigenvalue weighted by Gasteiger charge is -2.37. The Labute approximate surface area is 161 Å². The Morgan fingerprint density at radius 2 is 1.78 bits per heavy atom. The van der Waals surface area contributed by atoms with Crippen LogP contribution in [0, 0.1) is 17.7 Å². The fourth-order valence-electron chi connectivity index (χ4n) is 4.15. The summed E-state index contributed by atoms with van der Waals surface area (Å²) in [5.41, 5.74) is 1.15. The first kappa shape index (κ1) is 17.9. The third kappa shape index (κ3) is 3.18. The lowest BCUT2D eigenvalue weighted by molar-refractivity contribution is -0.120. The van der Waals surface area contributed by atoms with Crippen molar-refractivity contribution in [1.29, 1.82) is 0 Å². The number of amides is 2. The van der Waals surface area contributed by atoms with Crippen molar-refractivity contribution in [1.82, 2.24) is 4.90 Å². The third-order valence-corrected chi connectivity index (χ3v) is 5.97. The van der Waals surface area contributed by atoms with Crippen molar-refractivity contribution >= 4 is 34.4 Å². The Hall–Kier alpha value is -2.47. The molecule has 2 atom stereocenters. The molecule has 2 amide bonds. The van der Waals surface area contributed by atoms with E-state index in [4.69, 9.17) is 0 Å². The van der Waals surface area contributed by atoms with Crippen molar-refractivity contribution in [2.24, 2.45) is 11.8 Å². The van der Waals surface area contributed by atoms with E-state index in [1.165, 1.54) is 29.5 Å². The van der Waals surface area contributed by atoms with Gasteiger partial charge in [-0.25, -0.2) is 9.29 Å². The molecule has 2 aromatic rings. The summed E-state index contributed by atoms with van der Waals surface area (Å²) in [5, 5.41) is 1.89. The van der Waals surface area contributed by atoms with Crippen LogP contribution in [0.2, 0.25) is 0 Å². The van der Waals surface area contributed by atoms with E-state index in [2.05, 4.69) is 13.8 Å². The van der Waals surface area contributed by atoms with Gasteiger partial charge in [0.2, 0.25) is 0 Å². The van der Waals surface area contributed by atoms with Gasteiger partial charge in [0, 0.05) is 18.0 Å². The molecule has 0 bridgehead atoms. The fraction of sp³-hybridized carbons (Fsp3) is 0.333. The van der Waals surface area contributed by atoms with Crippen LogP contribution in [0.25, 0.3) is 5.57 Å². The van der Waals surface area contributed by atoms with Crippen molar-refractivity contribution in [2.45, 2.75) is 20.3 Å². The van der Waals surface area contributed by atoms with Gasteiger partial charge in [0.05, 0.1) is 11.3 Å². The van der Waals surface area contributed by atoms with Crippen molar-refractivity contribution in [3.63, 3.8) is 0 Å². The highest BCUT2D eigenvalue weighted by Gasteiger charge is 2.44. The second kappa shape index (κ2) is 6.93. The highest BCUT2D eigenvalue weighted by molar-refractivity contribution is 7.11. The molecule has 2 aliphatic rings. The maximum Gasteiger partial charge on any atom is 0.282 e. The molecule has 1 aromatic heterocycles. The molecule has 1 fully saturated rings. The summed E-state index contributed by atoms with van der Waals surface area (Å²) in [6.07, 6.45) is 1.11. The Bertz CT molecular complexity index is 912. The summed E-state index contributed by atoms with van der Waals surface area (Å²) < 4.78 is 13.7. The van der Waals surface area contributed by atoms with E-state index in [0.717, 1.165) is 29.3 Å². The number of halogens is 1. The van der Waals surface area contributed by atoms with Gasteiger partial charge in [0.15, 0.2) is 0 Å². The minimum Gasteiger partial charge on any atom is -0.366 e. The van der Waals surface area contributed by atoms with Crippen LogP contribution in [0.1, 0.15) is 25.1 Å². The molecule has 0 aliphatic carbocycles. The minimum atomic E-state index is -0.473. The van der Waals surface area contributed by atoms with Crippen molar-refractivity contribution in [3.8, 4) is 0 Å². The van der Waals surface area contributed by atoms with Crippen LogP contribution >= 0.6 is 11.3 Å². The van der Waals surface area contributed by atoms with Crippen molar-refractivity contribution in [3.05, 3.63) is 58.2 Å². The number of carbonyl (C=O) groups excluding carboxylic acids is 2. The number of imide groups is 1. The normalized spacial score (nSPS) is 23.5. The van der Waals surface area contributed by atoms with E-state index < -0.39 is 5.82 Å². The lowest BCUT2D eigenvalue weighted by Crippen LogP contribution is -2.42. The molecule has 0 saturated carbocycles. The second-order valence-corrected chi connectivity index (χ2v) is 8.43. The second-order valence-electron chi connectivity index (χ2n) is 7.48. The van der Waals surface area contributed by atoms with Gasteiger partial charge in [0.25, 0.3) is 11.8 Å². The smallest absolute Gasteiger partial charge is 0.282 e. The van der Waals surface area contributed by atoms with Crippen LogP contribution in [0.4, 0.5) is 10.1 Å². The number of benzene rings is 1. The molecule has 1 aromatic carbocycles. The molecule has 2 aliphatic heterocycles. The standard InChI is InChI=1S/C21H21FN2O2S/c1-13-9-14(2)12-23(11-13)19-18(17-7-4-8-27-17)20(25)24(21(19)26)16-6-3-5-15(22)10-16/h3-8,10,13-14H,9,11-12H2,1-2H3. The van der Waals surface area contributed by atoms with Gasteiger partial charge in [0.1, 0.15) is 11.5 Å². The summed E-state index contributed by atoms with van der Waals surface area (Å²) >= 11 is 1.44. The molecule has 4 nitrogen and oxygen atoms in total. The minimum absolute atomic E-state index is 0.271. The monoisotopic (exact) mass is 384 g/mol. The Balaban J connectivity index is 1.81. The molecule has 27 heavy (non-hydrogen) atoms. The van der Waals surface area contributed by atoms with Gasteiger partial charge >= 0.3 is 0 Å². The highest BCUT2D eigenvalue weighted by Crippen LogP contribution is 2.38. The number of thiophene rings is 1. The molecule has 2 unspecified atom stereocenters. The van der Waals surface area contributed by atoms with Crippen LogP contribution in [0.3, 0.4) is 0 Å². The zero-order valence-electron chi connectivity index (χ0n) is 15.3. The summed E-state index contributed by atoms with van der Waals surface area (Å²) in [6.45, 7) is 5.81. The maximum absolute atomic E-state index is 13.7. The molecule has 3 heterocycles. The van der Waals surface area contributed by atoms with Gasteiger partial charge in [-0.15, -0.1) is 11.3 Å². The third-order valence-electron chi connectivity index (χ3n) is 5.08. The average Bonchev–Trinajstić information content (AvgIpc) is 3.20. The summed E-state index contributed by atoms with van der Waals surface area (Å²) in [5.74, 6) is -0.336. The van der Waals surface area contributed by atoms with Gasteiger partial charge in [-0.05, 0) is 47.9 Å². The van der Waals surface area contributed by atoms with E-state index in [9.17, 15) is 14.0 Å². The summed E-state index contributed by atoms with van der Waals surface area (Å²) in [6, 6.07) is 9.36. The topological polar surface area (TPSA) is 40.6 Å². The zero-order valence-corrected chi connectivity index (χ0v) is 16.1. The number of piperidine rings is 1. The molecule has 140 valence electrons. The first-order valence-electron chi connectivity index (χ1n) is 9.13. The van der Waals surface area contributed by atoms with Gasteiger partial charge in [-0.3, -0.25) is 9.59 Å². The molecule has 0 spiro atoms. The number of hydrogen-bond donors (Lipinski definition) is 0. The Morgan fingerprint density at radius 3 is 2.41 bits per heavy atom. The van der Waals surface area contributed by atoms with Gasteiger partial charge in [-0.2, -0.15) is 0 Å². The number of likely N-dealkylation sites (tertiary alicyclic amines) is 1. The van der Waals surface area contributed by atoms with Gasteiger partial charge in [-0.1, -0.05) is 26.0 Å². The SMILES string of the molecule is CC1CC(C)CN(C2=C(c3cccs3)C(=O)N(c3cccc(F)c3)C2=O)C1. The molecule has 6 heteroatoms. The van der Waals surface area contributed by atoms with E-state index in [-0.39, 0.29) is 17.5 Å². The number of carbonyl (C=O) groups is 2. The molecule has 4 rings (SSSR count). The Morgan fingerprint density at radius 1 is 1.04 bits per heavy atom. The molecular weight excluding hydrogens is 363 g/mol. The summed E-state index contributed by atoms with van der Waals surface area (Å²) in [7, 11) is 0. The van der Waals surface area contributed by atoms with E-state index in [1.54, 1.807) is 6.07 Å². The Kier molecular flexibility index (Phi) is 4.60. The van der Waals surface area contributed by atoms with Crippen LogP contribution in [0.5, 0.6) is 0 Å². The highest BCUT2D eigenvalue weighted by atomic mass is 32.1. The number of nitrogens with zero attached hydrogens (tertiary/aromatic N) is 2. The molecular formula is C21H21FN2O2S. The number of rotatable bonds is 3. The molecule has 0 N–H and O–H groups in total. The molecule has 1 saturated heterocycles. The largest absolute Gasteiger partial charge is 0.366 e. The van der Waals surface area contributed by atoms with Crippen LogP contribution < -0.4 is 4.90 Å². The molecule has 0 radical (unpaired) electrons. The average molecular weight is 384 g/mol. The number of hydrogen-bond acceptors (Lipinski definition) is 4. The maximum atomic E-state index is 13.7. The first-order valence-corrected chi connectivity index (χ1v) is 10.0. The zero-order chi connectivity index (χ0) is 19.1. The number of anilines is 1. The summed E-state index contributed by atoms with van der Waals surface area (Å²) in [4.78, 5) is 30.5. The van der Waals surface area contributed by atoms with E-state index in [1.807, 2.05) is 22.4 Å². The van der Waals surface area contributed by atoms with Crippen molar-refractivity contribution < 1.29 is 14.0 Å². The van der Waals surface area contributed by atoms with E-state index in [0.29, 0.717) is 23.1 Å². The quantitative estimate of drug-likeness (QED) is 0.747. The van der Waals surface area contributed by atoms with Crippen LogP contribution in [-0.4, -0.2) is 29.8 Å². The van der Waals surface area contributed by atoms with Crippen LogP contribution in [0.15, 0.2) is 47.5 Å².